The maximum Gasteiger partial charge on any atom is 0.220 e. The van der Waals surface area contributed by atoms with E-state index in [1.54, 1.807) is 0 Å². The molecule has 1 N–H and O–H groups in total. The molecule has 1 aliphatic carbocycles. The number of carbonyl (C=O) groups excluding carboxylic acids is 1. The van der Waals surface area contributed by atoms with Gasteiger partial charge in [-0.2, -0.15) is 0 Å². The fraction of sp³-hybridized carbons (Fsp3) is 0.611. The molecule has 1 unspecified atom stereocenters. The summed E-state index contributed by atoms with van der Waals surface area (Å²) in [5, 5.41) is 3.04. The van der Waals surface area contributed by atoms with Gasteiger partial charge in [0, 0.05) is 29.8 Å². The summed E-state index contributed by atoms with van der Waals surface area (Å²) in [4.78, 5) is 12.3. The fourth-order valence-corrected chi connectivity index (χ4v) is 4.11. The molecule has 126 valence electrons. The minimum Gasteiger partial charge on any atom is -0.356 e. The number of rotatable bonds is 5. The number of amides is 1. The summed E-state index contributed by atoms with van der Waals surface area (Å²) < 4.78 is 12.8. The van der Waals surface area contributed by atoms with Crippen LogP contribution in [-0.2, 0) is 20.7 Å². The van der Waals surface area contributed by atoms with Gasteiger partial charge in [0.25, 0.3) is 0 Å². The van der Waals surface area contributed by atoms with Crippen molar-refractivity contribution in [3.8, 4) is 0 Å². The van der Waals surface area contributed by atoms with Gasteiger partial charge < -0.3 is 14.8 Å². The Labute approximate surface area is 146 Å². The highest BCUT2D eigenvalue weighted by molar-refractivity contribution is 9.10. The number of halogens is 1. The zero-order valence-corrected chi connectivity index (χ0v) is 14.9. The maximum atomic E-state index is 12.3. The quantitative estimate of drug-likeness (QED) is 0.849. The van der Waals surface area contributed by atoms with E-state index in [1.165, 1.54) is 5.56 Å². The second-order valence-corrected chi connectivity index (χ2v) is 7.20. The van der Waals surface area contributed by atoms with Crippen LogP contribution in [0.3, 0.4) is 0 Å². The summed E-state index contributed by atoms with van der Waals surface area (Å²) in [5.41, 5.74) is 1.21. The van der Waals surface area contributed by atoms with Crippen molar-refractivity contribution in [3.63, 3.8) is 0 Å². The molecule has 1 saturated heterocycles. The van der Waals surface area contributed by atoms with Crippen LogP contribution in [0.4, 0.5) is 0 Å². The van der Waals surface area contributed by atoms with Crippen molar-refractivity contribution in [1.29, 1.82) is 0 Å². The number of nitrogens with one attached hydrogen (secondary N) is 1. The first kappa shape index (κ1) is 16.9. The SMILES string of the molecule is O=C(CC1CCCCC12OCCO2)NCCc1ccccc1Br. The Morgan fingerprint density at radius 1 is 1.26 bits per heavy atom. The molecule has 23 heavy (non-hydrogen) atoms. The lowest BCUT2D eigenvalue weighted by Gasteiger charge is -2.39. The van der Waals surface area contributed by atoms with Gasteiger partial charge in [0.2, 0.25) is 5.91 Å². The third kappa shape index (κ3) is 4.14. The first-order chi connectivity index (χ1) is 11.2. The third-order valence-electron chi connectivity index (χ3n) is 4.83. The van der Waals surface area contributed by atoms with Gasteiger partial charge in [-0.05, 0) is 30.9 Å². The molecule has 0 radical (unpaired) electrons. The van der Waals surface area contributed by atoms with Crippen LogP contribution in [0.25, 0.3) is 0 Å². The Hall–Kier alpha value is -0.910. The Balaban J connectivity index is 1.48. The van der Waals surface area contributed by atoms with Crippen LogP contribution in [0.2, 0.25) is 0 Å². The van der Waals surface area contributed by atoms with Gasteiger partial charge in [0.1, 0.15) is 0 Å². The van der Waals surface area contributed by atoms with Gasteiger partial charge >= 0.3 is 0 Å². The Morgan fingerprint density at radius 2 is 2.04 bits per heavy atom. The number of hydrogen-bond donors (Lipinski definition) is 1. The van der Waals surface area contributed by atoms with Crippen LogP contribution < -0.4 is 5.32 Å². The maximum absolute atomic E-state index is 12.3. The van der Waals surface area contributed by atoms with E-state index >= 15 is 0 Å². The summed E-state index contributed by atoms with van der Waals surface area (Å²) in [7, 11) is 0. The molecule has 4 nitrogen and oxygen atoms in total. The summed E-state index contributed by atoms with van der Waals surface area (Å²) in [5.74, 6) is -0.206. The average molecular weight is 382 g/mol. The van der Waals surface area contributed by atoms with Crippen molar-refractivity contribution in [2.75, 3.05) is 19.8 Å². The van der Waals surface area contributed by atoms with Gasteiger partial charge in [0.15, 0.2) is 5.79 Å². The standard InChI is InChI=1S/C18H24BrNO3/c19-16-7-2-1-5-14(16)8-10-20-17(21)13-15-6-3-4-9-18(15)22-11-12-23-18/h1-2,5,7,15H,3-4,6,8-13H2,(H,20,21). The minimum atomic E-state index is -0.488. The second kappa shape index (κ2) is 7.77. The predicted molar refractivity (Wildman–Crippen MR) is 92.1 cm³/mol. The van der Waals surface area contributed by atoms with Gasteiger partial charge in [0.05, 0.1) is 13.2 Å². The number of carbonyl (C=O) groups is 1. The first-order valence-corrected chi connectivity index (χ1v) is 9.27. The fourth-order valence-electron chi connectivity index (χ4n) is 3.63. The van der Waals surface area contributed by atoms with E-state index in [9.17, 15) is 4.79 Å². The van der Waals surface area contributed by atoms with Crippen LogP contribution in [-0.4, -0.2) is 31.5 Å². The van der Waals surface area contributed by atoms with E-state index in [0.29, 0.717) is 26.2 Å². The molecule has 5 heteroatoms. The molecule has 3 rings (SSSR count). The zero-order valence-electron chi connectivity index (χ0n) is 13.4. The zero-order chi connectivity index (χ0) is 16.1. The third-order valence-corrected chi connectivity index (χ3v) is 5.61. The highest BCUT2D eigenvalue weighted by Crippen LogP contribution is 2.42. The van der Waals surface area contributed by atoms with E-state index in [1.807, 2.05) is 18.2 Å². The second-order valence-electron chi connectivity index (χ2n) is 6.35. The van der Waals surface area contributed by atoms with E-state index in [-0.39, 0.29) is 11.8 Å². The Morgan fingerprint density at radius 3 is 2.83 bits per heavy atom. The topological polar surface area (TPSA) is 47.6 Å². The molecule has 1 heterocycles. The molecule has 0 aromatic heterocycles. The molecule has 1 aromatic carbocycles. The molecule has 0 bridgehead atoms. The van der Waals surface area contributed by atoms with E-state index in [4.69, 9.17) is 9.47 Å². The Kier molecular flexibility index (Phi) is 5.72. The van der Waals surface area contributed by atoms with Crippen molar-refractivity contribution >= 4 is 21.8 Å². The highest BCUT2D eigenvalue weighted by atomic mass is 79.9. The van der Waals surface area contributed by atoms with Gasteiger partial charge in [-0.3, -0.25) is 4.79 Å². The minimum absolute atomic E-state index is 0.0995. The Bertz CT molecular complexity index is 543. The molecule has 2 fully saturated rings. The molecule has 1 amide bonds. The van der Waals surface area contributed by atoms with Crippen LogP contribution in [0.5, 0.6) is 0 Å². The number of benzene rings is 1. The summed E-state index contributed by atoms with van der Waals surface area (Å²) in [6.45, 7) is 1.96. The highest BCUT2D eigenvalue weighted by Gasteiger charge is 2.46. The van der Waals surface area contributed by atoms with E-state index < -0.39 is 5.79 Å². The van der Waals surface area contributed by atoms with Crippen LogP contribution in [0, 0.1) is 5.92 Å². The smallest absolute Gasteiger partial charge is 0.220 e. The number of hydrogen-bond acceptors (Lipinski definition) is 3. The van der Waals surface area contributed by atoms with E-state index in [2.05, 4.69) is 27.3 Å². The first-order valence-electron chi connectivity index (χ1n) is 8.48. The van der Waals surface area contributed by atoms with Gasteiger partial charge in [-0.15, -0.1) is 0 Å². The molecule has 1 spiro atoms. The van der Waals surface area contributed by atoms with Crippen molar-refractivity contribution < 1.29 is 14.3 Å². The van der Waals surface area contributed by atoms with Crippen molar-refractivity contribution in [2.45, 2.75) is 44.3 Å². The lowest BCUT2D eigenvalue weighted by Crippen LogP contribution is -2.44. The van der Waals surface area contributed by atoms with Crippen LogP contribution in [0.15, 0.2) is 28.7 Å². The molecule has 1 aliphatic heterocycles. The van der Waals surface area contributed by atoms with Crippen LogP contribution >= 0.6 is 15.9 Å². The number of ether oxygens (including phenoxy) is 2. The summed E-state index contributed by atoms with van der Waals surface area (Å²) >= 11 is 3.54. The lowest BCUT2D eigenvalue weighted by molar-refractivity contribution is -0.213. The molecule has 2 aliphatic rings. The van der Waals surface area contributed by atoms with E-state index in [0.717, 1.165) is 36.6 Å². The molecule has 1 aromatic rings. The monoisotopic (exact) mass is 381 g/mol. The van der Waals surface area contributed by atoms with Gasteiger partial charge in [-0.25, -0.2) is 0 Å². The normalized spacial score (nSPS) is 23.1. The van der Waals surface area contributed by atoms with Crippen molar-refractivity contribution in [1.82, 2.24) is 5.32 Å². The summed E-state index contributed by atoms with van der Waals surface area (Å²) in [6.07, 6.45) is 5.54. The van der Waals surface area contributed by atoms with Gasteiger partial charge in [-0.1, -0.05) is 40.5 Å². The molecule has 1 saturated carbocycles. The summed E-state index contributed by atoms with van der Waals surface area (Å²) in [6, 6.07) is 8.11. The average Bonchev–Trinajstić information content (AvgIpc) is 3.01. The van der Waals surface area contributed by atoms with Crippen LogP contribution in [0.1, 0.15) is 37.7 Å². The molecular weight excluding hydrogens is 358 g/mol. The molecule has 1 atom stereocenters. The van der Waals surface area contributed by atoms with Crippen molar-refractivity contribution in [2.24, 2.45) is 5.92 Å². The lowest BCUT2D eigenvalue weighted by atomic mass is 9.81. The predicted octanol–water partition coefficient (Wildman–Crippen LogP) is 3.43. The largest absolute Gasteiger partial charge is 0.356 e. The van der Waals surface area contributed by atoms with Crippen molar-refractivity contribution in [3.05, 3.63) is 34.3 Å². The molecular formula is C18H24BrNO3.